The Morgan fingerprint density at radius 1 is 1.46 bits per heavy atom. The monoisotopic (exact) mass is 422 g/mol. The zero-order chi connectivity index (χ0) is 19.4. The van der Waals surface area contributed by atoms with E-state index in [0.717, 1.165) is 19.5 Å². The molecule has 1 aliphatic heterocycles. The molecule has 2 amide bonds. The first-order chi connectivity index (χ1) is 13.0. The molecule has 1 aromatic heterocycles. The van der Waals surface area contributed by atoms with E-state index >= 15 is 0 Å². The van der Waals surface area contributed by atoms with Crippen LogP contribution in [-0.4, -0.2) is 42.2 Å². The molecule has 0 saturated carbocycles. The maximum atomic E-state index is 11.8. The van der Waals surface area contributed by atoms with Crippen LogP contribution in [0, 0.1) is 11.8 Å². The second kappa shape index (κ2) is 9.46. The third-order valence-corrected chi connectivity index (χ3v) is 4.63. The third-order valence-electron chi connectivity index (χ3n) is 4.30. The van der Waals surface area contributed by atoms with E-state index < -0.39 is 0 Å². The lowest BCUT2D eigenvalue weighted by atomic mass is 10.1. The van der Waals surface area contributed by atoms with Gasteiger partial charge in [0.25, 0.3) is 5.91 Å². The van der Waals surface area contributed by atoms with Crippen molar-refractivity contribution < 1.29 is 9.59 Å². The molecule has 148 valence electrons. The maximum Gasteiger partial charge on any atom is 0.251 e. The summed E-state index contributed by atoms with van der Waals surface area (Å²) >= 11 is 6.19. The van der Waals surface area contributed by atoms with Crippen LogP contribution < -0.4 is 21.7 Å². The lowest BCUT2D eigenvalue weighted by Gasteiger charge is -2.10. The van der Waals surface area contributed by atoms with Gasteiger partial charge < -0.3 is 21.7 Å². The van der Waals surface area contributed by atoms with Crippen molar-refractivity contribution in [1.82, 2.24) is 20.4 Å². The van der Waals surface area contributed by atoms with E-state index in [0.29, 0.717) is 39.8 Å². The van der Waals surface area contributed by atoms with Crippen molar-refractivity contribution in [3.05, 3.63) is 40.0 Å². The number of rotatable bonds is 4. The van der Waals surface area contributed by atoms with Crippen LogP contribution in [0.5, 0.6) is 0 Å². The molecule has 28 heavy (non-hydrogen) atoms. The number of hydrogen-bond donors (Lipinski definition) is 4. The highest BCUT2D eigenvalue weighted by Gasteiger charge is 2.23. The fourth-order valence-corrected chi connectivity index (χ4v) is 3.06. The zero-order valence-electron chi connectivity index (χ0n) is 15.1. The fourth-order valence-electron chi connectivity index (χ4n) is 2.90. The minimum absolute atomic E-state index is 0. The van der Waals surface area contributed by atoms with Crippen LogP contribution in [0.4, 0.5) is 11.5 Å². The summed E-state index contributed by atoms with van der Waals surface area (Å²) in [7, 11) is 1.55. The Balaban J connectivity index is 0.00000280. The quantitative estimate of drug-likeness (QED) is 0.439. The highest BCUT2D eigenvalue weighted by atomic mass is 35.5. The zero-order valence-corrected chi connectivity index (χ0v) is 16.7. The highest BCUT2D eigenvalue weighted by Crippen LogP contribution is 2.28. The molecule has 1 saturated heterocycles. The largest absolute Gasteiger partial charge is 0.382 e. The molecule has 1 atom stereocenters. The number of nitrogens with two attached hydrogens (primary N) is 1. The molecule has 0 radical (unpaired) electrons. The topological polar surface area (TPSA) is 114 Å². The average Bonchev–Trinajstić information content (AvgIpc) is 3.30. The average molecular weight is 423 g/mol. The maximum absolute atomic E-state index is 11.8. The number of nitrogens with zero attached hydrogens (tertiary/aromatic N) is 2. The summed E-state index contributed by atoms with van der Waals surface area (Å²) in [5.74, 6) is 5.93. The Kier molecular flexibility index (Phi) is 7.29. The van der Waals surface area contributed by atoms with Crippen LogP contribution in [-0.2, 0) is 4.79 Å². The van der Waals surface area contributed by atoms with Crippen LogP contribution >= 0.6 is 24.0 Å². The lowest BCUT2D eigenvalue weighted by molar-refractivity contribution is -0.105. The minimum Gasteiger partial charge on any atom is -0.382 e. The summed E-state index contributed by atoms with van der Waals surface area (Å²) in [4.78, 5) is 22.8. The fraction of sp³-hybridized carbons (Fsp3) is 0.278. The van der Waals surface area contributed by atoms with Gasteiger partial charge in [-0.15, -0.1) is 12.4 Å². The molecule has 1 aromatic carbocycles. The van der Waals surface area contributed by atoms with Crippen LogP contribution in [0.15, 0.2) is 18.2 Å². The van der Waals surface area contributed by atoms with Gasteiger partial charge in [-0.1, -0.05) is 17.5 Å². The Morgan fingerprint density at radius 2 is 2.25 bits per heavy atom. The van der Waals surface area contributed by atoms with Gasteiger partial charge in [-0.25, -0.2) is 4.68 Å². The Labute approximate surface area is 173 Å². The minimum atomic E-state index is -0.236. The van der Waals surface area contributed by atoms with E-state index in [9.17, 15) is 9.59 Å². The van der Waals surface area contributed by atoms with E-state index in [4.69, 9.17) is 17.3 Å². The number of nitrogen functional groups attached to an aromatic ring is 1. The van der Waals surface area contributed by atoms with Crippen molar-refractivity contribution in [3.8, 4) is 11.8 Å². The molecule has 1 fully saturated rings. The summed E-state index contributed by atoms with van der Waals surface area (Å²) in [5, 5.41) is 13.2. The number of carbonyl (C=O) groups is 2. The third kappa shape index (κ3) is 4.39. The van der Waals surface area contributed by atoms with Gasteiger partial charge in [0.15, 0.2) is 5.69 Å². The molecule has 0 unspecified atom stereocenters. The van der Waals surface area contributed by atoms with Crippen molar-refractivity contribution in [2.75, 3.05) is 31.2 Å². The smallest absolute Gasteiger partial charge is 0.251 e. The Hall–Kier alpha value is -2.73. The molecular weight excluding hydrogens is 403 g/mol. The van der Waals surface area contributed by atoms with Gasteiger partial charge in [0.1, 0.15) is 11.5 Å². The molecule has 2 heterocycles. The number of aromatic nitrogens is 2. The molecule has 5 N–H and O–H groups in total. The summed E-state index contributed by atoms with van der Waals surface area (Å²) in [6, 6.07) is 4.93. The van der Waals surface area contributed by atoms with Crippen LogP contribution in [0.2, 0.25) is 5.02 Å². The second-order valence-corrected chi connectivity index (χ2v) is 6.39. The predicted octanol–water partition coefficient (Wildman–Crippen LogP) is 1.40. The first kappa shape index (κ1) is 21.6. The molecule has 2 aromatic rings. The van der Waals surface area contributed by atoms with E-state index in [1.165, 1.54) is 0 Å². The highest BCUT2D eigenvalue weighted by molar-refractivity contribution is 6.31. The van der Waals surface area contributed by atoms with Crippen LogP contribution in [0.25, 0.3) is 0 Å². The SMILES string of the molecule is CNC(=O)c1ccc(Cl)c(C#Cc2nn([C@H]3CCNC3)c(N)c2NC=O)c1.Cl. The Bertz CT molecular complexity index is 942. The van der Waals surface area contributed by atoms with E-state index in [2.05, 4.69) is 32.9 Å². The predicted molar refractivity (Wildman–Crippen MR) is 111 cm³/mol. The number of anilines is 2. The molecular formula is C18H20Cl2N6O2. The van der Waals surface area contributed by atoms with Gasteiger partial charge in [-0.2, -0.15) is 5.10 Å². The molecule has 1 aliphatic rings. The van der Waals surface area contributed by atoms with Gasteiger partial charge in [0, 0.05) is 24.7 Å². The number of hydrogen-bond acceptors (Lipinski definition) is 5. The van der Waals surface area contributed by atoms with Crippen molar-refractivity contribution >= 4 is 47.8 Å². The first-order valence-corrected chi connectivity index (χ1v) is 8.75. The van der Waals surface area contributed by atoms with Gasteiger partial charge in [-0.3, -0.25) is 9.59 Å². The number of amides is 2. The second-order valence-electron chi connectivity index (χ2n) is 5.99. The summed E-state index contributed by atoms with van der Waals surface area (Å²) in [6.07, 6.45) is 1.42. The summed E-state index contributed by atoms with van der Waals surface area (Å²) in [6.45, 7) is 1.63. The molecule has 10 heteroatoms. The van der Waals surface area contributed by atoms with Crippen LogP contribution in [0.3, 0.4) is 0 Å². The number of halogens is 2. The first-order valence-electron chi connectivity index (χ1n) is 8.37. The molecule has 3 rings (SSSR count). The van der Waals surface area contributed by atoms with Crippen molar-refractivity contribution in [1.29, 1.82) is 0 Å². The van der Waals surface area contributed by atoms with Gasteiger partial charge >= 0.3 is 0 Å². The standard InChI is InChI=1S/C18H19ClN6O2.ClH/c1-21-18(27)12-2-4-14(19)11(8-12)3-5-15-16(23-10-26)17(20)25(24-15)13-6-7-22-9-13;/h2,4,8,10,13,22H,6-7,9,20H2,1H3,(H,21,27)(H,23,26);1H/t13-;/m0./s1. The van der Waals surface area contributed by atoms with Gasteiger partial charge in [0.05, 0.1) is 11.1 Å². The number of carbonyl (C=O) groups excluding carboxylic acids is 2. The summed E-state index contributed by atoms with van der Waals surface area (Å²) in [5.41, 5.74) is 7.78. The normalized spacial score (nSPS) is 15.1. The molecule has 0 aliphatic carbocycles. The Morgan fingerprint density at radius 3 is 2.89 bits per heavy atom. The van der Waals surface area contributed by atoms with Gasteiger partial charge in [0.2, 0.25) is 6.41 Å². The lowest BCUT2D eigenvalue weighted by Crippen LogP contribution is -2.17. The van der Waals surface area contributed by atoms with Crippen molar-refractivity contribution in [2.24, 2.45) is 0 Å². The molecule has 0 spiro atoms. The number of nitrogens with one attached hydrogen (secondary N) is 3. The van der Waals surface area contributed by atoms with Gasteiger partial charge in [-0.05, 0) is 37.1 Å². The van der Waals surface area contributed by atoms with Crippen LogP contribution in [0.1, 0.15) is 34.1 Å². The number of benzene rings is 1. The van der Waals surface area contributed by atoms with E-state index in [1.807, 2.05) is 0 Å². The summed E-state index contributed by atoms with van der Waals surface area (Å²) < 4.78 is 1.68. The van der Waals surface area contributed by atoms with E-state index in [1.54, 1.807) is 29.9 Å². The molecule has 8 nitrogen and oxygen atoms in total. The van der Waals surface area contributed by atoms with Crippen molar-refractivity contribution in [3.63, 3.8) is 0 Å². The van der Waals surface area contributed by atoms with E-state index in [-0.39, 0.29) is 24.4 Å². The van der Waals surface area contributed by atoms with Crippen molar-refractivity contribution in [2.45, 2.75) is 12.5 Å². The molecule has 0 bridgehead atoms.